The molecule has 0 aromatic carbocycles. The highest BCUT2D eigenvalue weighted by atomic mass is 16.4. The number of carboxylic acid groups (broad SMARTS) is 1. The predicted octanol–water partition coefficient (Wildman–Crippen LogP) is 0.714. The van der Waals surface area contributed by atoms with E-state index in [9.17, 15) is 4.79 Å². The number of aliphatic carboxylic acids is 1. The zero-order valence-electron chi connectivity index (χ0n) is 5.42. The Morgan fingerprint density at radius 2 is 2.22 bits per heavy atom. The molecule has 3 heteroatoms. The van der Waals surface area contributed by atoms with Crippen LogP contribution >= 0.6 is 0 Å². The van der Waals surface area contributed by atoms with Gasteiger partial charge in [-0.15, -0.1) is 0 Å². The number of hydrogen-bond donors (Lipinski definition) is 2. The van der Waals surface area contributed by atoms with Gasteiger partial charge < -0.3 is 10.8 Å². The molecule has 0 amide bonds. The van der Waals surface area contributed by atoms with Crippen molar-refractivity contribution in [2.75, 3.05) is 0 Å². The van der Waals surface area contributed by atoms with E-state index in [1.807, 2.05) is 6.92 Å². The van der Waals surface area contributed by atoms with Crippen LogP contribution in [0.2, 0.25) is 0 Å². The van der Waals surface area contributed by atoms with Crippen molar-refractivity contribution in [1.82, 2.24) is 0 Å². The minimum absolute atomic E-state index is 0.166. The number of nitrogens with two attached hydrogens (primary N) is 1. The van der Waals surface area contributed by atoms with Gasteiger partial charge in [-0.3, -0.25) is 4.79 Å². The van der Waals surface area contributed by atoms with Crippen molar-refractivity contribution in [3.05, 3.63) is 11.8 Å². The summed E-state index contributed by atoms with van der Waals surface area (Å²) in [5.74, 6) is -0.781. The lowest BCUT2D eigenvalue weighted by molar-refractivity contribution is -0.136. The van der Waals surface area contributed by atoms with Crippen LogP contribution in [-0.2, 0) is 4.79 Å². The van der Waals surface area contributed by atoms with E-state index in [1.165, 1.54) is 6.20 Å². The summed E-state index contributed by atoms with van der Waals surface area (Å²) in [6, 6.07) is 0. The summed E-state index contributed by atoms with van der Waals surface area (Å²) in [7, 11) is 0. The predicted molar refractivity (Wildman–Crippen MR) is 34.8 cm³/mol. The van der Waals surface area contributed by atoms with Gasteiger partial charge in [0.2, 0.25) is 0 Å². The Balaban J connectivity index is 3.39. The number of rotatable bonds is 3. The first-order valence-electron chi connectivity index (χ1n) is 2.76. The topological polar surface area (TPSA) is 63.3 Å². The van der Waals surface area contributed by atoms with Gasteiger partial charge in [0.15, 0.2) is 0 Å². The molecule has 3 nitrogen and oxygen atoms in total. The third kappa shape index (κ3) is 4.87. The average Bonchev–Trinajstić information content (AvgIpc) is 1.83. The molecular weight excluding hydrogens is 118 g/mol. The van der Waals surface area contributed by atoms with Crippen LogP contribution in [0.4, 0.5) is 0 Å². The normalized spacial score (nSPS) is 11.4. The Morgan fingerprint density at radius 3 is 2.56 bits per heavy atom. The average molecular weight is 129 g/mol. The number of carbonyl (C=O) groups is 1. The molecule has 0 radical (unpaired) electrons. The van der Waals surface area contributed by atoms with Crippen LogP contribution in [0.3, 0.4) is 0 Å². The summed E-state index contributed by atoms with van der Waals surface area (Å²) >= 11 is 0. The minimum atomic E-state index is -0.781. The quantitative estimate of drug-likeness (QED) is 0.590. The van der Waals surface area contributed by atoms with Crippen LogP contribution in [0, 0.1) is 0 Å². The Bertz CT molecular complexity index is 129. The number of carboxylic acids is 1. The summed E-state index contributed by atoms with van der Waals surface area (Å²) in [6.07, 6.45) is 2.15. The number of hydrogen-bond acceptors (Lipinski definition) is 2. The van der Waals surface area contributed by atoms with Crippen LogP contribution in [0.25, 0.3) is 0 Å². The maximum Gasteiger partial charge on any atom is 0.303 e. The standard InChI is InChI=1S/C6H11NO2/c1-5(4-7)2-3-6(8)9/h4H,2-3,7H2,1H3,(H,8,9). The van der Waals surface area contributed by atoms with E-state index in [2.05, 4.69) is 0 Å². The SMILES string of the molecule is CC(=CN)CCC(=O)O. The van der Waals surface area contributed by atoms with Gasteiger partial charge in [-0.05, 0) is 19.5 Å². The third-order valence-corrected chi connectivity index (χ3v) is 1.02. The highest BCUT2D eigenvalue weighted by molar-refractivity contribution is 5.66. The maximum absolute atomic E-state index is 9.95. The zero-order chi connectivity index (χ0) is 7.28. The molecule has 0 aromatic heterocycles. The molecular formula is C6H11NO2. The lowest BCUT2D eigenvalue weighted by Gasteiger charge is -1.93. The molecule has 0 bridgehead atoms. The first-order valence-corrected chi connectivity index (χ1v) is 2.76. The first-order chi connectivity index (χ1) is 4.16. The van der Waals surface area contributed by atoms with Crippen molar-refractivity contribution < 1.29 is 9.90 Å². The van der Waals surface area contributed by atoms with Crippen LogP contribution in [0.1, 0.15) is 19.8 Å². The highest BCUT2D eigenvalue weighted by Gasteiger charge is 1.95. The molecule has 0 saturated carbocycles. The van der Waals surface area contributed by atoms with Gasteiger partial charge in [0.1, 0.15) is 0 Å². The van der Waals surface area contributed by atoms with Gasteiger partial charge in [-0.2, -0.15) is 0 Å². The number of allylic oxidation sites excluding steroid dienone is 1. The summed E-state index contributed by atoms with van der Waals surface area (Å²) in [5, 5.41) is 8.19. The maximum atomic E-state index is 9.95. The molecule has 3 N–H and O–H groups in total. The van der Waals surface area contributed by atoms with Crippen LogP contribution in [0.5, 0.6) is 0 Å². The Labute approximate surface area is 54.2 Å². The molecule has 0 aromatic rings. The van der Waals surface area contributed by atoms with Crippen LogP contribution < -0.4 is 5.73 Å². The van der Waals surface area contributed by atoms with Crippen molar-refractivity contribution in [2.45, 2.75) is 19.8 Å². The second kappa shape index (κ2) is 3.95. The summed E-state index contributed by atoms with van der Waals surface area (Å²) in [6.45, 7) is 1.81. The van der Waals surface area contributed by atoms with Gasteiger partial charge >= 0.3 is 5.97 Å². The molecule has 0 saturated heterocycles. The monoisotopic (exact) mass is 129 g/mol. The fraction of sp³-hybridized carbons (Fsp3) is 0.500. The van der Waals surface area contributed by atoms with Gasteiger partial charge in [0.05, 0.1) is 0 Å². The molecule has 0 unspecified atom stereocenters. The van der Waals surface area contributed by atoms with Crippen molar-refractivity contribution in [1.29, 1.82) is 0 Å². The molecule has 0 aliphatic heterocycles. The molecule has 52 valence electrons. The van der Waals surface area contributed by atoms with Crippen molar-refractivity contribution in [3.8, 4) is 0 Å². The van der Waals surface area contributed by atoms with Crippen LogP contribution in [0.15, 0.2) is 11.8 Å². The Morgan fingerprint density at radius 1 is 1.67 bits per heavy atom. The second-order valence-electron chi connectivity index (χ2n) is 1.91. The largest absolute Gasteiger partial charge is 0.481 e. The van der Waals surface area contributed by atoms with Crippen molar-refractivity contribution >= 4 is 5.97 Å². The van der Waals surface area contributed by atoms with Gasteiger partial charge in [-0.1, -0.05) is 5.57 Å². The lowest BCUT2D eigenvalue weighted by Crippen LogP contribution is -1.95. The highest BCUT2D eigenvalue weighted by Crippen LogP contribution is 2.00. The summed E-state index contributed by atoms with van der Waals surface area (Å²) in [5.41, 5.74) is 6.02. The molecule has 0 fully saturated rings. The second-order valence-corrected chi connectivity index (χ2v) is 1.91. The van der Waals surface area contributed by atoms with Crippen molar-refractivity contribution in [3.63, 3.8) is 0 Å². The van der Waals surface area contributed by atoms with Gasteiger partial charge in [-0.25, -0.2) is 0 Å². The minimum Gasteiger partial charge on any atom is -0.481 e. The zero-order valence-corrected chi connectivity index (χ0v) is 5.42. The van der Waals surface area contributed by atoms with E-state index in [4.69, 9.17) is 10.8 Å². The van der Waals surface area contributed by atoms with E-state index in [1.54, 1.807) is 0 Å². The van der Waals surface area contributed by atoms with E-state index >= 15 is 0 Å². The fourth-order valence-electron chi connectivity index (χ4n) is 0.387. The molecule has 0 spiro atoms. The lowest BCUT2D eigenvalue weighted by atomic mass is 10.2. The van der Waals surface area contributed by atoms with E-state index in [0.717, 1.165) is 5.57 Å². The molecule has 0 aliphatic carbocycles. The third-order valence-electron chi connectivity index (χ3n) is 1.02. The Kier molecular flexibility index (Phi) is 3.51. The van der Waals surface area contributed by atoms with Crippen molar-refractivity contribution in [2.24, 2.45) is 5.73 Å². The fourth-order valence-corrected chi connectivity index (χ4v) is 0.387. The molecule has 0 aliphatic rings. The van der Waals surface area contributed by atoms with Gasteiger partial charge in [0, 0.05) is 6.42 Å². The molecule has 0 atom stereocenters. The smallest absolute Gasteiger partial charge is 0.303 e. The van der Waals surface area contributed by atoms with Gasteiger partial charge in [0.25, 0.3) is 0 Å². The molecule has 0 rings (SSSR count). The summed E-state index contributed by atoms with van der Waals surface area (Å²) < 4.78 is 0. The van der Waals surface area contributed by atoms with E-state index in [-0.39, 0.29) is 6.42 Å². The molecule has 0 heterocycles. The summed E-state index contributed by atoms with van der Waals surface area (Å²) in [4.78, 5) is 9.95. The van der Waals surface area contributed by atoms with Crippen LogP contribution in [-0.4, -0.2) is 11.1 Å². The molecule has 9 heavy (non-hydrogen) atoms. The Hall–Kier alpha value is -0.990. The first kappa shape index (κ1) is 8.01. The van der Waals surface area contributed by atoms with E-state index < -0.39 is 5.97 Å². The van der Waals surface area contributed by atoms with E-state index in [0.29, 0.717) is 6.42 Å².